The molecule has 1 aromatic heterocycles. The molecule has 4 aromatic rings. The molecule has 0 spiro atoms. The monoisotopic (exact) mass is 422 g/mol. The van der Waals surface area contributed by atoms with Crippen molar-refractivity contribution in [1.82, 2.24) is 4.98 Å². The molecule has 0 aliphatic rings. The van der Waals surface area contributed by atoms with E-state index in [9.17, 15) is 4.79 Å². The summed E-state index contributed by atoms with van der Waals surface area (Å²) in [5.41, 5.74) is 2.86. The molecule has 6 heteroatoms. The molecule has 0 unspecified atom stereocenters. The van der Waals surface area contributed by atoms with Crippen LogP contribution < -0.4 is 10.1 Å². The van der Waals surface area contributed by atoms with Crippen molar-refractivity contribution in [2.45, 2.75) is 12.3 Å². The molecule has 29 heavy (non-hydrogen) atoms. The number of carbonyl (C=O) groups excluding carboxylic acids is 1. The number of hydrogen-bond donors (Lipinski definition) is 1. The molecule has 1 heterocycles. The van der Waals surface area contributed by atoms with Crippen molar-refractivity contribution in [1.29, 1.82) is 0 Å². The molecule has 0 bridgehead atoms. The van der Waals surface area contributed by atoms with Crippen molar-refractivity contribution >= 4 is 44.2 Å². The number of nitrogens with zero attached hydrogens (tertiary/aromatic N) is 1. The van der Waals surface area contributed by atoms with Crippen LogP contribution >= 0.6 is 22.9 Å². The standard InChI is InChI=1S/C23H19ClN2O2S/c1-28-19-13-12-18(24)22-21(19)26-23(29-22)25-20(27)14-17(15-8-4-2-5-9-15)16-10-6-3-7-11-16/h2-13,17H,14H2,1H3,(H,25,26,27). The third-order valence-electron chi connectivity index (χ3n) is 4.72. The van der Waals surface area contributed by atoms with E-state index in [0.29, 0.717) is 27.8 Å². The maximum Gasteiger partial charge on any atom is 0.227 e. The fraction of sp³-hybridized carbons (Fsp3) is 0.130. The van der Waals surface area contributed by atoms with Gasteiger partial charge in [0.2, 0.25) is 5.91 Å². The summed E-state index contributed by atoms with van der Waals surface area (Å²) in [5, 5.41) is 4.03. The van der Waals surface area contributed by atoms with E-state index in [-0.39, 0.29) is 11.8 Å². The van der Waals surface area contributed by atoms with Gasteiger partial charge in [-0.3, -0.25) is 4.79 Å². The minimum absolute atomic E-state index is 0.0371. The third kappa shape index (κ3) is 4.26. The van der Waals surface area contributed by atoms with E-state index in [1.54, 1.807) is 19.2 Å². The lowest BCUT2D eigenvalue weighted by Gasteiger charge is -2.17. The summed E-state index contributed by atoms with van der Waals surface area (Å²) in [6.07, 6.45) is 0.314. The number of nitrogens with one attached hydrogen (secondary N) is 1. The molecule has 0 aliphatic heterocycles. The van der Waals surface area contributed by atoms with Crippen LogP contribution in [0, 0.1) is 0 Å². The van der Waals surface area contributed by atoms with Crippen LogP contribution in [0.25, 0.3) is 10.2 Å². The quantitative estimate of drug-likeness (QED) is 0.407. The summed E-state index contributed by atoms with van der Waals surface area (Å²) in [5.74, 6) is 0.495. The van der Waals surface area contributed by atoms with Crippen LogP contribution in [0.2, 0.25) is 5.02 Å². The largest absolute Gasteiger partial charge is 0.494 e. The van der Waals surface area contributed by atoms with Crippen LogP contribution in [-0.4, -0.2) is 18.0 Å². The number of fused-ring (bicyclic) bond motifs is 1. The highest BCUT2D eigenvalue weighted by atomic mass is 35.5. The second-order valence-corrected chi connectivity index (χ2v) is 7.98. The Labute approximate surface area is 178 Å². The lowest BCUT2D eigenvalue weighted by atomic mass is 9.88. The van der Waals surface area contributed by atoms with Crippen molar-refractivity contribution in [2.24, 2.45) is 0 Å². The summed E-state index contributed by atoms with van der Waals surface area (Å²) >= 11 is 7.63. The molecular formula is C23H19ClN2O2S. The number of halogens is 1. The topological polar surface area (TPSA) is 51.2 Å². The summed E-state index contributed by atoms with van der Waals surface area (Å²) in [6, 6.07) is 23.7. The average molecular weight is 423 g/mol. The van der Waals surface area contributed by atoms with Gasteiger partial charge in [-0.2, -0.15) is 0 Å². The maximum absolute atomic E-state index is 12.9. The third-order valence-corrected chi connectivity index (χ3v) is 6.15. The van der Waals surface area contributed by atoms with Crippen LogP contribution in [-0.2, 0) is 4.79 Å². The Kier molecular flexibility index (Phi) is 5.79. The van der Waals surface area contributed by atoms with Crippen molar-refractivity contribution in [3.63, 3.8) is 0 Å². The Morgan fingerprint density at radius 3 is 2.24 bits per heavy atom. The molecule has 0 fully saturated rings. The van der Waals surface area contributed by atoms with Crippen LogP contribution in [0.15, 0.2) is 72.8 Å². The van der Waals surface area contributed by atoms with E-state index in [4.69, 9.17) is 16.3 Å². The molecule has 0 aliphatic carbocycles. The summed E-state index contributed by atoms with van der Waals surface area (Å²) in [7, 11) is 1.59. The molecule has 4 rings (SSSR count). The zero-order valence-electron chi connectivity index (χ0n) is 15.8. The fourth-order valence-corrected chi connectivity index (χ4v) is 4.50. The number of ether oxygens (including phenoxy) is 1. The molecule has 1 amide bonds. The van der Waals surface area contributed by atoms with Gasteiger partial charge in [-0.25, -0.2) is 4.98 Å². The lowest BCUT2D eigenvalue weighted by Crippen LogP contribution is -2.16. The van der Waals surface area contributed by atoms with Gasteiger partial charge in [0, 0.05) is 12.3 Å². The number of hydrogen-bond acceptors (Lipinski definition) is 4. The normalized spacial score (nSPS) is 11.0. The molecule has 3 aromatic carbocycles. The number of amides is 1. The van der Waals surface area contributed by atoms with E-state index in [1.165, 1.54) is 11.3 Å². The number of carbonyl (C=O) groups is 1. The highest BCUT2D eigenvalue weighted by Crippen LogP contribution is 2.37. The number of methoxy groups -OCH3 is 1. The first kappa shape index (κ1) is 19.4. The second-order valence-electron chi connectivity index (χ2n) is 6.57. The van der Waals surface area contributed by atoms with Gasteiger partial charge in [-0.15, -0.1) is 0 Å². The van der Waals surface area contributed by atoms with E-state index in [1.807, 2.05) is 60.7 Å². The Morgan fingerprint density at radius 1 is 1.03 bits per heavy atom. The number of rotatable bonds is 6. The number of aromatic nitrogens is 1. The fourth-order valence-electron chi connectivity index (χ4n) is 3.33. The van der Waals surface area contributed by atoms with Crippen molar-refractivity contribution in [3.8, 4) is 5.75 Å². The molecule has 0 saturated carbocycles. The molecule has 146 valence electrons. The van der Waals surface area contributed by atoms with Gasteiger partial charge >= 0.3 is 0 Å². The number of anilines is 1. The van der Waals surface area contributed by atoms with Crippen molar-refractivity contribution in [2.75, 3.05) is 12.4 Å². The first-order valence-corrected chi connectivity index (χ1v) is 10.4. The van der Waals surface area contributed by atoms with Crippen molar-refractivity contribution in [3.05, 3.63) is 88.9 Å². The van der Waals surface area contributed by atoms with Gasteiger partial charge in [-0.1, -0.05) is 83.6 Å². The summed E-state index contributed by atoms with van der Waals surface area (Å²) in [4.78, 5) is 17.4. The van der Waals surface area contributed by atoms with Gasteiger partial charge in [0.05, 0.1) is 16.8 Å². The van der Waals surface area contributed by atoms with E-state index >= 15 is 0 Å². The molecule has 4 nitrogen and oxygen atoms in total. The highest BCUT2D eigenvalue weighted by Gasteiger charge is 2.20. The maximum atomic E-state index is 12.9. The van der Waals surface area contributed by atoms with Gasteiger partial charge in [0.1, 0.15) is 11.3 Å². The Bertz CT molecular complexity index is 1090. The zero-order valence-corrected chi connectivity index (χ0v) is 17.3. The number of thiazole rings is 1. The Balaban J connectivity index is 1.59. The molecule has 1 N–H and O–H groups in total. The zero-order chi connectivity index (χ0) is 20.2. The molecule has 0 radical (unpaired) electrons. The smallest absolute Gasteiger partial charge is 0.227 e. The highest BCUT2D eigenvalue weighted by molar-refractivity contribution is 7.23. The molecule has 0 saturated heterocycles. The predicted octanol–water partition coefficient (Wildman–Crippen LogP) is 6.12. The molecular weight excluding hydrogens is 404 g/mol. The van der Waals surface area contributed by atoms with Crippen LogP contribution in [0.4, 0.5) is 5.13 Å². The van der Waals surface area contributed by atoms with Gasteiger partial charge in [0.25, 0.3) is 0 Å². The van der Waals surface area contributed by atoms with Crippen LogP contribution in [0.1, 0.15) is 23.5 Å². The minimum atomic E-state index is -0.100. The van der Waals surface area contributed by atoms with Gasteiger partial charge < -0.3 is 10.1 Å². The SMILES string of the molecule is COc1ccc(Cl)c2sc(NC(=O)CC(c3ccccc3)c3ccccc3)nc12. The summed E-state index contributed by atoms with van der Waals surface area (Å²) < 4.78 is 6.15. The van der Waals surface area contributed by atoms with E-state index in [0.717, 1.165) is 15.8 Å². The van der Waals surface area contributed by atoms with Crippen LogP contribution in [0.5, 0.6) is 5.75 Å². The number of benzene rings is 3. The first-order valence-electron chi connectivity index (χ1n) is 9.18. The second kappa shape index (κ2) is 8.64. The van der Waals surface area contributed by atoms with Crippen LogP contribution in [0.3, 0.4) is 0 Å². The first-order chi connectivity index (χ1) is 14.2. The average Bonchev–Trinajstić information content (AvgIpc) is 3.18. The Morgan fingerprint density at radius 2 is 1.66 bits per heavy atom. The Hall–Kier alpha value is -2.89. The summed E-state index contributed by atoms with van der Waals surface area (Å²) in [6.45, 7) is 0. The van der Waals surface area contributed by atoms with E-state index in [2.05, 4.69) is 10.3 Å². The molecule has 0 atom stereocenters. The minimum Gasteiger partial charge on any atom is -0.494 e. The van der Waals surface area contributed by atoms with Gasteiger partial charge in [-0.05, 0) is 23.3 Å². The van der Waals surface area contributed by atoms with Gasteiger partial charge in [0.15, 0.2) is 5.13 Å². The lowest BCUT2D eigenvalue weighted by molar-refractivity contribution is -0.116. The predicted molar refractivity (Wildman–Crippen MR) is 119 cm³/mol. The van der Waals surface area contributed by atoms with E-state index < -0.39 is 0 Å². The van der Waals surface area contributed by atoms with Crippen molar-refractivity contribution < 1.29 is 9.53 Å².